The number of carbonyl (C=O) groups excluding carboxylic acids is 2. The van der Waals surface area contributed by atoms with Gasteiger partial charge in [-0.1, -0.05) is 30.3 Å². The highest BCUT2D eigenvalue weighted by molar-refractivity contribution is 7.19. The zero-order valence-electron chi connectivity index (χ0n) is 17.3. The van der Waals surface area contributed by atoms with Crippen molar-refractivity contribution < 1.29 is 9.59 Å². The van der Waals surface area contributed by atoms with Gasteiger partial charge in [0.15, 0.2) is 0 Å². The van der Waals surface area contributed by atoms with Gasteiger partial charge in [-0.05, 0) is 38.2 Å². The monoisotopic (exact) mass is 436 g/mol. The first-order valence-corrected chi connectivity index (χ1v) is 11.5. The first-order chi connectivity index (χ1) is 15.0. The van der Waals surface area contributed by atoms with Gasteiger partial charge in [0, 0.05) is 29.4 Å². The van der Waals surface area contributed by atoms with Gasteiger partial charge in [-0.2, -0.15) is 0 Å². The van der Waals surface area contributed by atoms with E-state index in [9.17, 15) is 14.4 Å². The molecular formula is C23H24N4O3S. The number of benzene rings is 1. The Bertz CT molecular complexity index is 1210. The number of aryl methyl sites for hydroxylation is 1. The highest BCUT2D eigenvalue weighted by Gasteiger charge is 2.36. The summed E-state index contributed by atoms with van der Waals surface area (Å²) in [6.45, 7) is 3.10. The molecule has 2 aromatic heterocycles. The van der Waals surface area contributed by atoms with Gasteiger partial charge < -0.3 is 4.90 Å². The van der Waals surface area contributed by atoms with E-state index < -0.39 is 0 Å². The van der Waals surface area contributed by atoms with E-state index in [4.69, 9.17) is 0 Å². The van der Waals surface area contributed by atoms with Crippen LogP contribution in [-0.2, 0) is 9.59 Å². The minimum atomic E-state index is -0.322. The van der Waals surface area contributed by atoms with E-state index in [0.29, 0.717) is 29.7 Å². The molecular weight excluding hydrogens is 412 g/mol. The van der Waals surface area contributed by atoms with Gasteiger partial charge in [0.25, 0.3) is 5.56 Å². The zero-order chi connectivity index (χ0) is 21.5. The molecule has 0 radical (unpaired) electrons. The number of aromatic nitrogens is 2. The van der Waals surface area contributed by atoms with Gasteiger partial charge >= 0.3 is 0 Å². The summed E-state index contributed by atoms with van der Waals surface area (Å²) in [7, 11) is 0. The third-order valence-electron chi connectivity index (χ3n) is 6.11. The fourth-order valence-corrected chi connectivity index (χ4v) is 5.33. The molecule has 3 heterocycles. The fraction of sp³-hybridized carbons (Fsp3) is 0.391. The summed E-state index contributed by atoms with van der Waals surface area (Å²) >= 11 is 1.47. The van der Waals surface area contributed by atoms with E-state index in [1.807, 2.05) is 42.2 Å². The lowest BCUT2D eigenvalue weighted by atomic mass is 9.97. The van der Waals surface area contributed by atoms with Crippen molar-refractivity contribution in [2.45, 2.75) is 32.6 Å². The fourth-order valence-electron chi connectivity index (χ4n) is 4.32. The maximum absolute atomic E-state index is 13.3. The summed E-state index contributed by atoms with van der Waals surface area (Å²) in [4.78, 5) is 46.5. The normalized spacial score (nSPS) is 18.9. The Hall–Kier alpha value is -3.00. The van der Waals surface area contributed by atoms with Crippen molar-refractivity contribution in [2.24, 2.45) is 11.8 Å². The number of amides is 2. The van der Waals surface area contributed by atoms with Crippen LogP contribution in [0.25, 0.3) is 21.3 Å². The lowest BCUT2D eigenvalue weighted by Crippen LogP contribution is -2.46. The van der Waals surface area contributed by atoms with Crippen LogP contribution in [0.3, 0.4) is 0 Å². The van der Waals surface area contributed by atoms with Crippen LogP contribution in [0.5, 0.6) is 0 Å². The van der Waals surface area contributed by atoms with Crippen molar-refractivity contribution in [3.8, 4) is 11.1 Å². The third kappa shape index (κ3) is 3.76. The third-order valence-corrected chi connectivity index (χ3v) is 7.13. The van der Waals surface area contributed by atoms with E-state index in [1.54, 1.807) is 0 Å². The van der Waals surface area contributed by atoms with Crippen LogP contribution in [0.2, 0.25) is 0 Å². The first-order valence-electron chi connectivity index (χ1n) is 10.7. The number of fused-ring (bicyclic) bond motifs is 1. The molecule has 3 aromatic rings. The Balaban J connectivity index is 1.42. The van der Waals surface area contributed by atoms with Crippen molar-refractivity contribution in [2.75, 3.05) is 18.5 Å². The van der Waals surface area contributed by atoms with Crippen LogP contribution in [0.4, 0.5) is 0 Å². The standard InChI is InChI=1S/C23H24N4O3S/c1-14-18(15-6-3-2-4-7-15)19-21(31-14)24-13-27(23(19)30)25-20(28)17-8-5-11-26(12-17)22(29)16-9-10-16/h2-4,6-7,13,16-17H,5,8-12H2,1H3,(H,25,28). The molecule has 7 nitrogen and oxygen atoms in total. The average Bonchev–Trinajstić information content (AvgIpc) is 3.58. The molecule has 1 aliphatic carbocycles. The number of hydrogen-bond donors (Lipinski definition) is 1. The number of hydrogen-bond acceptors (Lipinski definition) is 5. The summed E-state index contributed by atoms with van der Waals surface area (Å²) in [5.41, 5.74) is 4.26. The summed E-state index contributed by atoms with van der Waals surface area (Å²) in [5, 5.41) is 0.519. The molecule has 2 fully saturated rings. The molecule has 5 rings (SSSR count). The van der Waals surface area contributed by atoms with Gasteiger partial charge in [-0.3, -0.25) is 19.8 Å². The Kier molecular flexibility index (Phi) is 5.09. The molecule has 31 heavy (non-hydrogen) atoms. The Morgan fingerprint density at radius 1 is 1.13 bits per heavy atom. The molecule has 0 bridgehead atoms. The predicted octanol–water partition coefficient (Wildman–Crippen LogP) is 3.15. The molecule has 1 aliphatic heterocycles. The van der Waals surface area contributed by atoms with Gasteiger partial charge in [-0.25, -0.2) is 9.66 Å². The number of carbonyl (C=O) groups is 2. The van der Waals surface area contributed by atoms with Crippen LogP contribution in [0.15, 0.2) is 41.5 Å². The van der Waals surface area contributed by atoms with Gasteiger partial charge in [-0.15, -0.1) is 11.3 Å². The van der Waals surface area contributed by atoms with Crippen molar-refractivity contribution in [1.82, 2.24) is 14.6 Å². The molecule has 0 spiro atoms. The molecule has 1 atom stereocenters. The van der Waals surface area contributed by atoms with Crippen molar-refractivity contribution in [3.05, 3.63) is 51.9 Å². The summed E-state index contributed by atoms with van der Waals surface area (Å²) in [5.74, 6) is -0.255. The highest BCUT2D eigenvalue weighted by Crippen LogP contribution is 2.35. The lowest BCUT2D eigenvalue weighted by Gasteiger charge is -2.32. The number of likely N-dealkylation sites (tertiary alicyclic amines) is 1. The molecule has 1 N–H and O–H groups in total. The summed E-state index contributed by atoms with van der Waals surface area (Å²) < 4.78 is 1.19. The van der Waals surface area contributed by atoms with Crippen molar-refractivity contribution in [3.63, 3.8) is 0 Å². The molecule has 1 aromatic carbocycles. The zero-order valence-corrected chi connectivity index (χ0v) is 18.2. The number of nitrogens with zero attached hydrogens (tertiary/aromatic N) is 3. The Morgan fingerprint density at radius 3 is 2.65 bits per heavy atom. The first kappa shape index (κ1) is 19.9. The highest BCUT2D eigenvalue weighted by atomic mass is 32.1. The minimum Gasteiger partial charge on any atom is -0.342 e. The average molecular weight is 437 g/mol. The quantitative estimate of drug-likeness (QED) is 0.681. The van der Waals surface area contributed by atoms with Crippen LogP contribution in [0.1, 0.15) is 30.6 Å². The van der Waals surface area contributed by atoms with E-state index in [-0.39, 0.29) is 29.2 Å². The Labute approximate surface area is 183 Å². The maximum Gasteiger partial charge on any atom is 0.281 e. The molecule has 160 valence electrons. The lowest BCUT2D eigenvalue weighted by molar-refractivity contribution is -0.135. The number of thiophene rings is 1. The van der Waals surface area contributed by atoms with Crippen LogP contribution >= 0.6 is 11.3 Å². The van der Waals surface area contributed by atoms with Gasteiger partial charge in [0.1, 0.15) is 11.2 Å². The van der Waals surface area contributed by atoms with Crippen LogP contribution in [-0.4, -0.2) is 39.5 Å². The second-order valence-corrected chi connectivity index (χ2v) is 9.58. The maximum atomic E-state index is 13.3. The number of piperidine rings is 1. The molecule has 8 heteroatoms. The van der Waals surface area contributed by atoms with Crippen molar-refractivity contribution >= 4 is 33.4 Å². The summed E-state index contributed by atoms with van der Waals surface area (Å²) in [6, 6.07) is 9.75. The van der Waals surface area contributed by atoms with Crippen LogP contribution in [0, 0.1) is 18.8 Å². The predicted molar refractivity (Wildman–Crippen MR) is 120 cm³/mol. The van der Waals surface area contributed by atoms with Gasteiger partial charge in [0.2, 0.25) is 11.8 Å². The van der Waals surface area contributed by atoms with E-state index in [0.717, 1.165) is 35.3 Å². The molecule has 2 amide bonds. The second kappa shape index (κ2) is 7.92. The molecule has 2 aliphatic rings. The minimum absolute atomic E-state index is 0.147. The SMILES string of the molecule is Cc1sc2ncn(NC(=O)C3CCCN(C(=O)C4CC4)C3)c(=O)c2c1-c1ccccc1. The van der Waals surface area contributed by atoms with Crippen LogP contribution < -0.4 is 11.0 Å². The van der Waals surface area contributed by atoms with E-state index in [2.05, 4.69) is 10.4 Å². The smallest absolute Gasteiger partial charge is 0.281 e. The Morgan fingerprint density at radius 2 is 1.90 bits per heavy atom. The van der Waals surface area contributed by atoms with Gasteiger partial charge in [0.05, 0.1) is 11.3 Å². The van der Waals surface area contributed by atoms with E-state index >= 15 is 0 Å². The van der Waals surface area contributed by atoms with E-state index in [1.165, 1.54) is 22.3 Å². The van der Waals surface area contributed by atoms with Crippen molar-refractivity contribution in [1.29, 1.82) is 0 Å². The number of rotatable bonds is 4. The largest absolute Gasteiger partial charge is 0.342 e. The summed E-state index contributed by atoms with van der Waals surface area (Å²) in [6.07, 6.45) is 4.79. The molecule has 1 unspecified atom stereocenters. The molecule has 1 saturated carbocycles. The topological polar surface area (TPSA) is 84.3 Å². The second-order valence-electron chi connectivity index (χ2n) is 8.37. The molecule has 1 saturated heterocycles. The number of nitrogens with one attached hydrogen (secondary N) is 1.